The minimum Gasteiger partial charge on any atom is -0.480 e. The summed E-state index contributed by atoms with van der Waals surface area (Å²) in [6.45, 7) is 2.75. The fraction of sp³-hybridized carbons (Fsp3) is 0.780. The third kappa shape index (κ3) is 44.1. The standard InChI is InChI=1S/C50H90NO10P/c1-3-5-7-9-11-13-15-17-19-21-22-23-24-26-28-30-32-34-36-38-40-42-49(53)61-46(44-59-62(56,57)60-45-47(51)50(54)55)43-58-48(52)41-39-37-35-33-31-29-27-25-20-18-16-14-12-10-8-6-4-2/h12,14,18,20,27,29,33,35,46-47H,3-11,13,15-17,19,21-26,28,30-32,34,36-45,51H2,1-2H3,(H,54,55)(H,56,57)/b14-12-,20-18-,29-27-,35-33-/t46-,47+/m1/s1. The van der Waals surface area contributed by atoms with Crippen molar-refractivity contribution < 1.29 is 47.5 Å². The van der Waals surface area contributed by atoms with Gasteiger partial charge in [0, 0.05) is 12.8 Å². The van der Waals surface area contributed by atoms with Gasteiger partial charge in [-0.1, -0.05) is 204 Å². The van der Waals surface area contributed by atoms with Crippen molar-refractivity contribution in [2.75, 3.05) is 19.8 Å². The molecular weight excluding hydrogens is 806 g/mol. The van der Waals surface area contributed by atoms with Gasteiger partial charge in [-0.15, -0.1) is 0 Å². The molecule has 3 atom stereocenters. The summed E-state index contributed by atoms with van der Waals surface area (Å²) in [6, 6.07) is -1.53. The fourth-order valence-electron chi connectivity index (χ4n) is 6.71. The number of phosphoric acid groups is 1. The molecular formula is C50H90NO10P. The molecule has 62 heavy (non-hydrogen) atoms. The molecule has 0 saturated heterocycles. The van der Waals surface area contributed by atoms with Gasteiger partial charge in [-0.3, -0.25) is 23.4 Å². The van der Waals surface area contributed by atoms with E-state index >= 15 is 0 Å². The largest absolute Gasteiger partial charge is 0.480 e. The molecule has 0 aliphatic carbocycles. The molecule has 0 heterocycles. The molecule has 360 valence electrons. The Hall–Kier alpha value is -2.56. The highest BCUT2D eigenvalue weighted by Crippen LogP contribution is 2.43. The summed E-state index contributed by atoms with van der Waals surface area (Å²) in [7, 11) is -4.73. The van der Waals surface area contributed by atoms with Crippen molar-refractivity contribution in [3.05, 3.63) is 48.6 Å². The second kappa shape index (κ2) is 45.0. The molecule has 0 aromatic carbocycles. The van der Waals surface area contributed by atoms with Gasteiger partial charge in [0.15, 0.2) is 6.10 Å². The zero-order chi connectivity index (χ0) is 45.6. The van der Waals surface area contributed by atoms with Gasteiger partial charge in [0.2, 0.25) is 0 Å². The fourth-order valence-corrected chi connectivity index (χ4v) is 7.48. The van der Waals surface area contributed by atoms with Crippen molar-refractivity contribution >= 4 is 25.7 Å². The van der Waals surface area contributed by atoms with Crippen molar-refractivity contribution in [3.8, 4) is 0 Å². The summed E-state index contributed by atoms with van der Waals surface area (Å²) in [5, 5.41) is 8.91. The van der Waals surface area contributed by atoms with E-state index in [2.05, 4.69) is 60.9 Å². The van der Waals surface area contributed by atoms with Crippen molar-refractivity contribution in [2.24, 2.45) is 5.73 Å². The van der Waals surface area contributed by atoms with Crippen LogP contribution in [0.1, 0.15) is 219 Å². The third-order valence-electron chi connectivity index (χ3n) is 10.6. The number of esters is 2. The first-order valence-corrected chi connectivity index (χ1v) is 26.2. The summed E-state index contributed by atoms with van der Waals surface area (Å²) in [5.74, 6) is -2.44. The zero-order valence-corrected chi connectivity index (χ0v) is 40.1. The first kappa shape index (κ1) is 59.4. The van der Waals surface area contributed by atoms with E-state index in [1.54, 1.807) is 0 Å². The van der Waals surface area contributed by atoms with Crippen molar-refractivity contribution in [2.45, 2.75) is 231 Å². The number of unbranched alkanes of at least 4 members (excludes halogenated alkanes) is 24. The first-order chi connectivity index (χ1) is 30.1. The molecule has 0 saturated carbocycles. The number of rotatable bonds is 46. The maximum atomic E-state index is 12.7. The number of hydrogen-bond donors (Lipinski definition) is 3. The minimum atomic E-state index is -4.73. The van der Waals surface area contributed by atoms with Crippen LogP contribution in [0.15, 0.2) is 48.6 Å². The Labute approximate surface area is 377 Å². The lowest BCUT2D eigenvalue weighted by Gasteiger charge is -2.20. The van der Waals surface area contributed by atoms with Crippen LogP contribution in [0.3, 0.4) is 0 Å². The van der Waals surface area contributed by atoms with Crippen LogP contribution in [0.4, 0.5) is 0 Å². The van der Waals surface area contributed by atoms with Crippen molar-refractivity contribution in [1.82, 2.24) is 0 Å². The van der Waals surface area contributed by atoms with E-state index < -0.39 is 51.1 Å². The maximum absolute atomic E-state index is 12.7. The van der Waals surface area contributed by atoms with Crippen LogP contribution in [0.25, 0.3) is 0 Å². The van der Waals surface area contributed by atoms with Crippen LogP contribution in [-0.2, 0) is 37.5 Å². The third-order valence-corrected chi connectivity index (χ3v) is 11.5. The van der Waals surface area contributed by atoms with E-state index in [4.69, 9.17) is 24.8 Å². The van der Waals surface area contributed by atoms with E-state index in [1.807, 2.05) is 6.08 Å². The number of carboxylic acids is 1. The normalized spacial score (nSPS) is 14.0. The van der Waals surface area contributed by atoms with E-state index in [1.165, 1.54) is 128 Å². The second-order valence-electron chi connectivity index (χ2n) is 16.6. The van der Waals surface area contributed by atoms with Gasteiger partial charge >= 0.3 is 25.7 Å². The molecule has 0 rings (SSSR count). The molecule has 0 fully saturated rings. The highest BCUT2D eigenvalue weighted by molar-refractivity contribution is 7.47. The summed E-state index contributed by atoms with van der Waals surface area (Å²) < 4.78 is 32.7. The second-order valence-corrected chi connectivity index (χ2v) is 18.1. The highest BCUT2D eigenvalue weighted by Gasteiger charge is 2.28. The molecule has 0 spiro atoms. The quantitative estimate of drug-likeness (QED) is 0.0230. The predicted molar refractivity (Wildman–Crippen MR) is 254 cm³/mol. The molecule has 0 radical (unpaired) electrons. The topological polar surface area (TPSA) is 172 Å². The van der Waals surface area contributed by atoms with Gasteiger partial charge in [0.1, 0.15) is 12.6 Å². The average molecular weight is 896 g/mol. The lowest BCUT2D eigenvalue weighted by Crippen LogP contribution is -2.34. The van der Waals surface area contributed by atoms with Gasteiger partial charge in [-0.25, -0.2) is 4.57 Å². The number of allylic oxidation sites excluding steroid dienone is 8. The highest BCUT2D eigenvalue weighted by atomic mass is 31.2. The van der Waals surface area contributed by atoms with Gasteiger partial charge in [0.05, 0.1) is 13.2 Å². The zero-order valence-electron chi connectivity index (χ0n) is 39.2. The Morgan fingerprint density at radius 3 is 1.32 bits per heavy atom. The Balaban J connectivity index is 4.32. The Morgan fingerprint density at radius 1 is 0.500 bits per heavy atom. The van der Waals surface area contributed by atoms with E-state index in [0.717, 1.165) is 44.9 Å². The SMILES string of the molecule is CCCCC/C=C\C/C=C\C/C=C\C/C=C\CCCC(=O)OC[C@H](COP(=O)(O)OC[C@H](N)C(=O)O)OC(=O)CCCCCCCCCCCCCCCCCCCCCCC. The maximum Gasteiger partial charge on any atom is 0.472 e. The van der Waals surface area contributed by atoms with Crippen LogP contribution < -0.4 is 5.73 Å². The lowest BCUT2D eigenvalue weighted by molar-refractivity contribution is -0.161. The minimum absolute atomic E-state index is 0.146. The monoisotopic (exact) mass is 896 g/mol. The predicted octanol–water partition coefficient (Wildman–Crippen LogP) is 13.7. The van der Waals surface area contributed by atoms with Crippen molar-refractivity contribution in [1.29, 1.82) is 0 Å². The van der Waals surface area contributed by atoms with Crippen LogP contribution in [0.2, 0.25) is 0 Å². The van der Waals surface area contributed by atoms with E-state index in [0.29, 0.717) is 19.3 Å². The van der Waals surface area contributed by atoms with Gasteiger partial charge in [-0.05, 0) is 51.4 Å². The van der Waals surface area contributed by atoms with Gasteiger partial charge in [0.25, 0.3) is 0 Å². The molecule has 0 aliphatic heterocycles. The lowest BCUT2D eigenvalue weighted by atomic mass is 10.0. The molecule has 0 bridgehead atoms. The first-order valence-electron chi connectivity index (χ1n) is 24.7. The number of carbonyl (C=O) groups is 3. The molecule has 1 unspecified atom stereocenters. The Bertz CT molecular complexity index is 1240. The number of carboxylic acid groups (broad SMARTS) is 1. The number of hydrogen-bond acceptors (Lipinski definition) is 9. The summed E-state index contributed by atoms with van der Waals surface area (Å²) in [6.07, 6.45) is 51.8. The smallest absolute Gasteiger partial charge is 0.472 e. The molecule has 11 nitrogen and oxygen atoms in total. The number of aliphatic carboxylic acids is 1. The van der Waals surface area contributed by atoms with Crippen LogP contribution in [0, 0.1) is 0 Å². The molecule has 0 aliphatic rings. The molecule has 12 heteroatoms. The Kier molecular flexibility index (Phi) is 43.2. The van der Waals surface area contributed by atoms with Gasteiger partial charge in [-0.2, -0.15) is 0 Å². The van der Waals surface area contributed by atoms with Gasteiger partial charge < -0.3 is 25.2 Å². The van der Waals surface area contributed by atoms with E-state index in [9.17, 15) is 23.8 Å². The molecule has 0 aromatic rings. The van der Waals surface area contributed by atoms with Crippen LogP contribution in [0.5, 0.6) is 0 Å². The van der Waals surface area contributed by atoms with Crippen molar-refractivity contribution in [3.63, 3.8) is 0 Å². The Morgan fingerprint density at radius 2 is 0.871 bits per heavy atom. The number of carbonyl (C=O) groups excluding carboxylic acids is 2. The van der Waals surface area contributed by atoms with E-state index in [-0.39, 0.29) is 19.4 Å². The molecule has 0 aromatic heterocycles. The molecule has 0 amide bonds. The summed E-state index contributed by atoms with van der Waals surface area (Å²) >= 11 is 0. The molecule has 4 N–H and O–H groups in total. The van der Waals surface area contributed by atoms with Crippen LogP contribution >= 0.6 is 7.82 Å². The summed E-state index contributed by atoms with van der Waals surface area (Å²) in [5.41, 5.74) is 5.34. The number of nitrogens with two attached hydrogens (primary N) is 1. The number of phosphoric ester groups is 1. The van der Waals surface area contributed by atoms with Crippen LogP contribution in [-0.4, -0.2) is 59.9 Å². The summed E-state index contributed by atoms with van der Waals surface area (Å²) in [4.78, 5) is 46.1. The number of ether oxygens (including phenoxy) is 2. The average Bonchev–Trinajstić information content (AvgIpc) is 3.25.